The van der Waals surface area contributed by atoms with Gasteiger partial charge in [0.1, 0.15) is 0 Å². The molecule has 1 atom stereocenters. The number of hydrogen-bond donors (Lipinski definition) is 1. The van der Waals surface area contributed by atoms with Gasteiger partial charge < -0.3 is 9.84 Å². The summed E-state index contributed by atoms with van der Waals surface area (Å²) in [6.45, 7) is 5.10. The molecule has 0 fully saturated rings. The summed E-state index contributed by atoms with van der Waals surface area (Å²) in [5, 5.41) is 8.98. The van der Waals surface area contributed by atoms with E-state index in [-0.39, 0.29) is 24.5 Å². The standard InChI is InChI=1S/C12H14F2O2/c1-3-8(7-15)9-5-6-10(16-4-2)12(14)11(9)13/h3,5-6,8,15H,1,4,7H2,2H3. The Morgan fingerprint density at radius 1 is 1.44 bits per heavy atom. The average molecular weight is 228 g/mol. The van der Waals surface area contributed by atoms with Crippen molar-refractivity contribution in [3.05, 3.63) is 42.0 Å². The molecule has 2 nitrogen and oxygen atoms in total. The first-order chi connectivity index (χ1) is 7.65. The Morgan fingerprint density at radius 2 is 2.12 bits per heavy atom. The summed E-state index contributed by atoms with van der Waals surface area (Å²) in [6.07, 6.45) is 1.37. The molecule has 0 heterocycles. The molecule has 1 N–H and O–H groups in total. The van der Waals surface area contributed by atoms with Crippen LogP contribution in [0.5, 0.6) is 5.75 Å². The van der Waals surface area contributed by atoms with E-state index in [0.717, 1.165) is 0 Å². The highest BCUT2D eigenvalue weighted by Crippen LogP contribution is 2.27. The van der Waals surface area contributed by atoms with Gasteiger partial charge in [-0.1, -0.05) is 12.1 Å². The quantitative estimate of drug-likeness (QED) is 0.785. The normalized spacial score (nSPS) is 12.2. The van der Waals surface area contributed by atoms with Crippen LogP contribution in [-0.2, 0) is 0 Å². The summed E-state index contributed by atoms with van der Waals surface area (Å²) in [5.74, 6) is -2.75. The molecule has 88 valence electrons. The van der Waals surface area contributed by atoms with Crippen molar-refractivity contribution in [3.8, 4) is 5.75 Å². The Labute approximate surface area is 93.2 Å². The lowest BCUT2D eigenvalue weighted by atomic mass is 9.99. The van der Waals surface area contributed by atoms with Crippen molar-refractivity contribution < 1.29 is 18.6 Å². The molecule has 16 heavy (non-hydrogen) atoms. The van der Waals surface area contributed by atoms with Crippen molar-refractivity contribution >= 4 is 0 Å². The number of hydrogen-bond acceptors (Lipinski definition) is 2. The van der Waals surface area contributed by atoms with Crippen LogP contribution in [0.2, 0.25) is 0 Å². The van der Waals surface area contributed by atoms with Gasteiger partial charge >= 0.3 is 0 Å². The van der Waals surface area contributed by atoms with Gasteiger partial charge in [0.15, 0.2) is 11.6 Å². The predicted molar refractivity (Wildman–Crippen MR) is 57.6 cm³/mol. The van der Waals surface area contributed by atoms with Gasteiger partial charge in [-0.25, -0.2) is 4.39 Å². The zero-order chi connectivity index (χ0) is 12.1. The molecule has 0 spiro atoms. The molecule has 0 aromatic heterocycles. The molecule has 0 aliphatic carbocycles. The van der Waals surface area contributed by atoms with E-state index in [2.05, 4.69) is 6.58 Å². The van der Waals surface area contributed by atoms with E-state index >= 15 is 0 Å². The summed E-state index contributed by atoms with van der Waals surface area (Å²) >= 11 is 0. The highest BCUT2D eigenvalue weighted by Gasteiger charge is 2.18. The number of rotatable bonds is 5. The maximum absolute atomic E-state index is 13.6. The molecule has 4 heteroatoms. The Bertz CT molecular complexity index is 378. The third kappa shape index (κ3) is 2.39. The predicted octanol–water partition coefficient (Wildman–Crippen LogP) is 2.63. The number of aliphatic hydroxyl groups excluding tert-OH is 1. The lowest BCUT2D eigenvalue weighted by molar-refractivity contribution is 0.278. The molecule has 0 saturated carbocycles. The number of ether oxygens (including phenoxy) is 1. The van der Waals surface area contributed by atoms with Gasteiger partial charge in [-0.2, -0.15) is 4.39 Å². The van der Waals surface area contributed by atoms with E-state index in [4.69, 9.17) is 9.84 Å². The van der Waals surface area contributed by atoms with E-state index in [1.807, 2.05) is 0 Å². The first-order valence-electron chi connectivity index (χ1n) is 4.99. The fraction of sp³-hybridized carbons (Fsp3) is 0.333. The van der Waals surface area contributed by atoms with Gasteiger partial charge in [-0.3, -0.25) is 0 Å². The monoisotopic (exact) mass is 228 g/mol. The number of halogens is 2. The maximum atomic E-state index is 13.6. The Hall–Kier alpha value is -1.42. The van der Waals surface area contributed by atoms with Gasteiger partial charge in [0.05, 0.1) is 13.2 Å². The first kappa shape index (κ1) is 12.6. The molecular formula is C12H14F2O2. The molecule has 1 aromatic carbocycles. The van der Waals surface area contributed by atoms with E-state index in [9.17, 15) is 8.78 Å². The summed E-state index contributed by atoms with van der Waals surface area (Å²) in [6, 6.07) is 2.75. The molecular weight excluding hydrogens is 214 g/mol. The zero-order valence-corrected chi connectivity index (χ0v) is 9.04. The van der Waals surface area contributed by atoms with Gasteiger partial charge in [-0.05, 0) is 13.0 Å². The van der Waals surface area contributed by atoms with Gasteiger partial charge in [0.25, 0.3) is 0 Å². The molecule has 0 aliphatic rings. The van der Waals surface area contributed by atoms with Crippen molar-refractivity contribution in [2.75, 3.05) is 13.2 Å². The van der Waals surface area contributed by atoms with Crippen LogP contribution in [0.25, 0.3) is 0 Å². The highest BCUT2D eigenvalue weighted by atomic mass is 19.2. The maximum Gasteiger partial charge on any atom is 0.200 e. The van der Waals surface area contributed by atoms with Crippen LogP contribution in [-0.4, -0.2) is 18.3 Å². The molecule has 1 aromatic rings. The minimum atomic E-state index is -1.03. The van der Waals surface area contributed by atoms with Gasteiger partial charge in [0, 0.05) is 11.5 Å². The Balaban J connectivity index is 3.15. The molecule has 1 rings (SSSR count). The summed E-state index contributed by atoms with van der Waals surface area (Å²) in [7, 11) is 0. The van der Waals surface area contributed by atoms with Crippen molar-refractivity contribution in [2.45, 2.75) is 12.8 Å². The lowest BCUT2D eigenvalue weighted by Crippen LogP contribution is -2.06. The topological polar surface area (TPSA) is 29.5 Å². The second-order valence-electron chi connectivity index (χ2n) is 3.24. The van der Waals surface area contributed by atoms with Crippen LogP contribution in [0.4, 0.5) is 8.78 Å². The molecule has 0 bridgehead atoms. The molecule has 1 unspecified atom stereocenters. The largest absolute Gasteiger partial charge is 0.491 e. The Kier molecular flexibility index (Phi) is 4.43. The molecule has 0 aliphatic heterocycles. The van der Waals surface area contributed by atoms with Crippen LogP contribution in [0, 0.1) is 11.6 Å². The fourth-order valence-electron chi connectivity index (χ4n) is 1.40. The SMILES string of the molecule is C=CC(CO)c1ccc(OCC)c(F)c1F. The zero-order valence-electron chi connectivity index (χ0n) is 9.04. The van der Waals surface area contributed by atoms with Gasteiger partial charge in [0.2, 0.25) is 5.82 Å². The third-order valence-corrected chi connectivity index (χ3v) is 2.26. The fourth-order valence-corrected chi connectivity index (χ4v) is 1.40. The van der Waals surface area contributed by atoms with Crippen molar-refractivity contribution in [1.82, 2.24) is 0 Å². The van der Waals surface area contributed by atoms with E-state index < -0.39 is 17.6 Å². The second kappa shape index (κ2) is 5.61. The van der Waals surface area contributed by atoms with Crippen molar-refractivity contribution in [2.24, 2.45) is 0 Å². The van der Waals surface area contributed by atoms with Crippen LogP contribution < -0.4 is 4.74 Å². The van der Waals surface area contributed by atoms with Crippen LogP contribution >= 0.6 is 0 Å². The summed E-state index contributed by atoms with van der Waals surface area (Å²) in [5.41, 5.74) is 0.0819. The van der Waals surface area contributed by atoms with E-state index in [0.29, 0.717) is 0 Å². The summed E-state index contributed by atoms with van der Waals surface area (Å²) in [4.78, 5) is 0. The van der Waals surface area contributed by atoms with Crippen molar-refractivity contribution in [3.63, 3.8) is 0 Å². The first-order valence-corrected chi connectivity index (χ1v) is 4.99. The minimum Gasteiger partial charge on any atom is -0.491 e. The van der Waals surface area contributed by atoms with E-state index in [1.165, 1.54) is 18.2 Å². The van der Waals surface area contributed by atoms with E-state index in [1.54, 1.807) is 6.92 Å². The molecule has 0 radical (unpaired) electrons. The lowest BCUT2D eigenvalue weighted by Gasteiger charge is -2.13. The number of aliphatic hydroxyl groups is 1. The highest BCUT2D eigenvalue weighted by molar-refractivity contribution is 5.34. The average Bonchev–Trinajstić information content (AvgIpc) is 2.29. The van der Waals surface area contributed by atoms with Crippen LogP contribution in [0.3, 0.4) is 0 Å². The van der Waals surface area contributed by atoms with Gasteiger partial charge in [-0.15, -0.1) is 6.58 Å². The number of benzene rings is 1. The van der Waals surface area contributed by atoms with Crippen molar-refractivity contribution in [1.29, 1.82) is 0 Å². The molecule has 0 saturated heterocycles. The second-order valence-corrected chi connectivity index (χ2v) is 3.24. The molecule has 0 amide bonds. The summed E-state index contributed by atoms with van der Waals surface area (Å²) < 4.78 is 32.0. The smallest absolute Gasteiger partial charge is 0.200 e. The van der Waals surface area contributed by atoms with Crippen LogP contribution in [0.1, 0.15) is 18.4 Å². The Morgan fingerprint density at radius 3 is 2.62 bits per heavy atom. The van der Waals surface area contributed by atoms with Crippen LogP contribution in [0.15, 0.2) is 24.8 Å². The third-order valence-electron chi connectivity index (χ3n) is 2.26. The minimum absolute atomic E-state index is 0.0819.